The van der Waals surface area contributed by atoms with E-state index in [4.69, 9.17) is 15.9 Å². The number of carboxylic acid groups (broad SMARTS) is 2. The number of aliphatic hydroxyl groups is 1. The maximum atomic E-state index is 12.8. The zero-order chi connectivity index (χ0) is 25.1. The molecule has 0 radical (unpaired) electrons. The molecular formula is C19H31N5O9. The number of nitrogens with one attached hydrogen (secondary N) is 4. The highest BCUT2D eigenvalue weighted by Gasteiger charge is 2.32. The van der Waals surface area contributed by atoms with Crippen molar-refractivity contribution in [2.24, 2.45) is 5.73 Å². The number of hydrogen-bond donors (Lipinski definition) is 8. The first-order valence-electron chi connectivity index (χ1n) is 10.5. The second-order valence-corrected chi connectivity index (χ2v) is 7.77. The van der Waals surface area contributed by atoms with Gasteiger partial charge in [-0.05, 0) is 39.2 Å². The molecule has 1 fully saturated rings. The number of hydrogen-bond acceptors (Lipinski definition) is 8. The fraction of sp³-hybridized carbons (Fsp3) is 0.684. The highest BCUT2D eigenvalue weighted by molar-refractivity contribution is 5.94. The van der Waals surface area contributed by atoms with Crippen molar-refractivity contribution in [1.82, 2.24) is 21.3 Å². The Balaban J connectivity index is 2.97. The second kappa shape index (κ2) is 13.3. The number of amides is 4. The van der Waals surface area contributed by atoms with Crippen LogP contribution in [0.5, 0.6) is 0 Å². The quantitative estimate of drug-likeness (QED) is 0.126. The van der Waals surface area contributed by atoms with Gasteiger partial charge in [-0.3, -0.25) is 24.0 Å². The molecule has 0 aliphatic carbocycles. The van der Waals surface area contributed by atoms with Crippen LogP contribution in [0, 0.1) is 0 Å². The summed E-state index contributed by atoms with van der Waals surface area (Å²) in [6.45, 7) is 1.76. The van der Waals surface area contributed by atoms with Gasteiger partial charge < -0.3 is 42.3 Å². The maximum absolute atomic E-state index is 12.8. The summed E-state index contributed by atoms with van der Waals surface area (Å²) in [6.07, 6.45) is -1.49. The smallest absolute Gasteiger partial charge is 0.328 e. The average molecular weight is 473 g/mol. The van der Waals surface area contributed by atoms with Crippen LogP contribution in [0.25, 0.3) is 0 Å². The van der Waals surface area contributed by atoms with Crippen LogP contribution in [-0.4, -0.2) is 87.7 Å². The van der Waals surface area contributed by atoms with E-state index in [9.17, 15) is 33.9 Å². The highest BCUT2D eigenvalue weighted by atomic mass is 16.4. The fourth-order valence-electron chi connectivity index (χ4n) is 3.19. The van der Waals surface area contributed by atoms with Gasteiger partial charge in [0.15, 0.2) is 6.04 Å². The number of rotatable bonds is 14. The second-order valence-electron chi connectivity index (χ2n) is 7.77. The number of carboxylic acids is 2. The summed E-state index contributed by atoms with van der Waals surface area (Å²) >= 11 is 0. The lowest BCUT2D eigenvalue weighted by molar-refractivity contribution is -0.145. The first-order chi connectivity index (χ1) is 15.4. The molecule has 1 heterocycles. The molecule has 0 aromatic rings. The molecular weight excluding hydrogens is 442 g/mol. The van der Waals surface area contributed by atoms with Gasteiger partial charge >= 0.3 is 11.9 Å². The van der Waals surface area contributed by atoms with E-state index in [1.165, 1.54) is 0 Å². The summed E-state index contributed by atoms with van der Waals surface area (Å²) in [5.41, 5.74) is 5.10. The molecule has 0 spiro atoms. The minimum absolute atomic E-state index is 0.269. The molecule has 5 atom stereocenters. The Morgan fingerprint density at radius 1 is 0.970 bits per heavy atom. The van der Waals surface area contributed by atoms with Crippen molar-refractivity contribution >= 4 is 35.6 Å². The van der Waals surface area contributed by atoms with Gasteiger partial charge in [-0.2, -0.15) is 0 Å². The molecule has 14 nitrogen and oxygen atoms in total. The third-order valence-electron chi connectivity index (χ3n) is 5.02. The van der Waals surface area contributed by atoms with Crippen molar-refractivity contribution in [3.05, 3.63) is 0 Å². The Kier molecular flexibility index (Phi) is 11.2. The first kappa shape index (κ1) is 27.8. The Morgan fingerprint density at radius 2 is 1.55 bits per heavy atom. The Morgan fingerprint density at radius 3 is 2.03 bits per heavy atom. The number of carbonyl (C=O) groups excluding carboxylic acids is 4. The minimum atomic E-state index is -1.68. The van der Waals surface area contributed by atoms with Crippen LogP contribution in [0.4, 0.5) is 0 Å². The largest absolute Gasteiger partial charge is 0.481 e. The molecule has 0 aromatic heterocycles. The molecule has 0 aromatic carbocycles. The zero-order valence-corrected chi connectivity index (χ0v) is 18.2. The summed E-state index contributed by atoms with van der Waals surface area (Å²) < 4.78 is 0. The molecule has 14 heteroatoms. The van der Waals surface area contributed by atoms with E-state index in [2.05, 4.69) is 21.3 Å². The fourth-order valence-corrected chi connectivity index (χ4v) is 3.19. The summed E-state index contributed by atoms with van der Waals surface area (Å²) in [6, 6.07) is -4.95. The molecule has 33 heavy (non-hydrogen) atoms. The Hall–Kier alpha value is -3.26. The van der Waals surface area contributed by atoms with Crippen molar-refractivity contribution in [2.75, 3.05) is 6.54 Å². The molecule has 4 amide bonds. The lowest BCUT2D eigenvalue weighted by atomic mass is 10.1. The zero-order valence-electron chi connectivity index (χ0n) is 18.2. The van der Waals surface area contributed by atoms with Gasteiger partial charge in [0, 0.05) is 12.8 Å². The van der Waals surface area contributed by atoms with Crippen LogP contribution < -0.4 is 27.0 Å². The first-order valence-corrected chi connectivity index (χ1v) is 10.5. The van der Waals surface area contributed by atoms with E-state index >= 15 is 0 Å². The summed E-state index contributed by atoms with van der Waals surface area (Å²) in [4.78, 5) is 71.2. The van der Waals surface area contributed by atoms with Crippen LogP contribution in [0.2, 0.25) is 0 Å². The van der Waals surface area contributed by atoms with Crippen molar-refractivity contribution < 1.29 is 44.1 Å². The van der Waals surface area contributed by atoms with E-state index < -0.39 is 72.3 Å². The number of carbonyl (C=O) groups is 6. The number of nitrogens with two attached hydrogens (primary N) is 1. The Bertz CT molecular complexity index is 752. The SMILES string of the molecule is CC(O)C(NC(=O)C(CCC(N)=O)NC(=O)C(CCC(=O)O)NC(=O)C1CCCN1)C(=O)O. The summed E-state index contributed by atoms with van der Waals surface area (Å²) in [7, 11) is 0. The summed E-state index contributed by atoms with van der Waals surface area (Å²) in [5, 5.41) is 37.5. The van der Waals surface area contributed by atoms with E-state index in [1.807, 2.05) is 0 Å². The van der Waals surface area contributed by atoms with Crippen molar-refractivity contribution in [3.63, 3.8) is 0 Å². The normalized spacial score (nSPS) is 18.9. The van der Waals surface area contributed by atoms with Crippen LogP contribution in [0.15, 0.2) is 0 Å². The van der Waals surface area contributed by atoms with Gasteiger partial charge in [0.1, 0.15) is 12.1 Å². The number of primary amides is 1. The van der Waals surface area contributed by atoms with Gasteiger partial charge in [0.25, 0.3) is 0 Å². The van der Waals surface area contributed by atoms with E-state index in [0.717, 1.165) is 13.3 Å². The van der Waals surface area contributed by atoms with Crippen molar-refractivity contribution in [2.45, 2.75) is 75.7 Å². The maximum Gasteiger partial charge on any atom is 0.328 e. The van der Waals surface area contributed by atoms with E-state index in [0.29, 0.717) is 13.0 Å². The van der Waals surface area contributed by atoms with Crippen LogP contribution in [0.1, 0.15) is 45.4 Å². The van der Waals surface area contributed by atoms with Gasteiger partial charge in [-0.1, -0.05) is 0 Å². The predicted octanol–water partition coefficient (Wildman–Crippen LogP) is -3.21. The van der Waals surface area contributed by atoms with Crippen LogP contribution in [0.3, 0.4) is 0 Å². The highest BCUT2D eigenvalue weighted by Crippen LogP contribution is 2.08. The van der Waals surface area contributed by atoms with E-state index in [1.54, 1.807) is 0 Å². The van der Waals surface area contributed by atoms with Crippen molar-refractivity contribution in [1.29, 1.82) is 0 Å². The van der Waals surface area contributed by atoms with Gasteiger partial charge in [0.05, 0.1) is 12.1 Å². The van der Waals surface area contributed by atoms with Gasteiger partial charge in [0.2, 0.25) is 23.6 Å². The van der Waals surface area contributed by atoms with Gasteiger partial charge in [-0.25, -0.2) is 4.79 Å². The molecule has 5 unspecified atom stereocenters. The molecule has 186 valence electrons. The topological polar surface area (TPSA) is 237 Å². The lowest BCUT2D eigenvalue weighted by Gasteiger charge is -2.25. The van der Waals surface area contributed by atoms with E-state index in [-0.39, 0.29) is 19.3 Å². The number of aliphatic hydroxyl groups excluding tert-OH is 1. The molecule has 0 saturated carbocycles. The van der Waals surface area contributed by atoms with Crippen LogP contribution in [-0.2, 0) is 28.8 Å². The van der Waals surface area contributed by atoms with Gasteiger partial charge in [-0.15, -0.1) is 0 Å². The third-order valence-corrected chi connectivity index (χ3v) is 5.02. The average Bonchev–Trinajstić information content (AvgIpc) is 3.26. The standard InChI is InChI=1S/C19H31N5O9/c1-9(25)15(19(32)33)24-18(31)11(4-6-13(20)26)23-17(30)12(5-7-14(27)28)22-16(29)10-3-2-8-21-10/h9-12,15,21,25H,2-8H2,1H3,(H2,20,26)(H,22,29)(H,23,30)(H,24,31)(H,27,28)(H,32,33). The number of aliphatic carboxylic acids is 2. The molecule has 9 N–H and O–H groups in total. The molecule has 1 aliphatic rings. The Labute approximate surface area is 189 Å². The molecule has 0 bridgehead atoms. The predicted molar refractivity (Wildman–Crippen MR) is 111 cm³/mol. The molecule has 1 saturated heterocycles. The lowest BCUT2D eigenvalue weighted by Crippen LogP contribution is -2.58. The summed E-state index contributed by atoms with van der Waals surface area (Å²) in [5.74, 6) is -5.90. The molecule has 1 aliphatic heterocycles. The monoisotopic (exact) mass is 473 g/mol. The van der Waals surface area contributed by atoms with Crippen LogP contribution >= 0.6 is 0 Å². The third kappa shape index (κ3) is 9.82. The molecule has 1 rings (SSSR count). The van der Waals surface area contributed by atoms with Crippen molar-refractivity contribution in [3.8, 4) is 0 Å². The minimum Gasteiger partial charge on any atom is -0.481 e.